The Kier molecular flexibility index (Phi) is 6.58. The highest BCUT2D eigenvalue weighted by molar-refractivity contribution is 6.25. The smallest absolute Gasteiger partial charge is 0.160 e. The summed E-state index contributed by atoms with van der Waals surface area (Å²) in [6.45, 7) is 0. The molecule has 4 nitrogen and oxygen atoms in total. The van der Waals surface area contributed by atoms with Gasteiger partial charge in [-0.2, -0.15) is 0 Å². The SMILES string of the molecule is C1=C(c2ccc3c(ccc4ccccc43)c2)N=C(c2cccc3oc4c(-c5cccc6oc7ccccc7c56)cccc4c23)N=C(c2ccccc2)C1. The van der Waals surface area contributed by atoms with Crippen LogP contribution in [0.1, 0.15) is 23.1 Å². The third kappa shape index (κ3) is 4.77. The summed E-state index contributed by atoms with van der Waals surface area (Å²) in [5.41, 5.74) is 10.4. The van der Waals surface area contributed by atoms with Gasteiger partial charge in [-0.15, -0.1) is 0 Å². The molecule has 0 saturated heterocycles. The molecule has 3 heterocycles. The lowest BCUT2D eigenvalue weighted by molar-refractivity contribution is 0.668. The fraction of sp³-hybridized carbons (Fsp3) is 0.0204. The van der Waals surface area contributed by atoms with Crippen LogP contribution >= 0.6 is 0 Å². The van der Waals surface area contributed by atoms with Crippen molar-refractivity contribution < 1.29 is 8.83 Å². The standard InChI is InChI=1S/C49H30N2O2/c1-2-12-31(13-3-1)41-27-28-42(33-25-26-35-32(29-33)24-23-30-11-4-5-14-34(30)35)51-49(50-41)40-19-10-22-45-47(40)39-18-8-17-37(48(39)53-45)36-16-9-21-44-46(36)38-15-6-7-20-43(38)52-44/h1-26,28-29H,27H2. The Morgan fingerprint density at radius 3 is 1.98 bits per heavy atom. The lowest BCUT2D eigenvalue weighted by Crippen LogP contribution is -2.05. The third-order valence-corrected chi connectivity index (χ3v) is 10.6. The van der Waals surface area contributed by atoms with Crippen LogP contribution < -0.4 is 0 Å². The maximum atomic E-state index is 6.80. The minimum absolute atomic E-state index is 0.650. The highest BCUT2D eigenvalue weighted by atomic mass is 16.3. The summed E-state index contributed by atoms with van der Waals surface area (Å²) in [5, 5.41) is 9.09. The predicted octanol–water partition coefficient (Wildman–Crippen LogP) is 13.1. The first-order valence-corrected chi connectivity index (χ1v) is 18.0. The largest absolute Gasteiger partial charge is 0.456 e. The Bertz CT molecular complexity index is 3200. The molecule has 4 heteroatoms. The van der Waals surface area contributed by atoms with Crippen LogP contribution in [0.15, 0.2) is 189 Å². The number of amidine groups is 1. The molecule has 0 spiro atoms. The molecule has 0 aliphatic carbocycles. The van der Waals surface area contributed by atoms with Crippen LogP contribution in [0.3, 0.4) is 0 Å². The molecule has 1 aliphatic heterocycles. The molecule has 11 rings (SSSR count). The minimum atomic E-state index is 0.650. The third-order valence-electron chi connectivity index (χ3n) is 10.6. The van der Waals surface area contributed by atoms with E-state index in [1.165, 1.54) is 21.5 Å². The molecule has 248 valence electrons. The van der Waals surface area contributed by atoms with E-state index in [2.05, 4.69) is 133 Å². The minimum Gasteiger partial charge on any atom is -0.456 e. The van der Waals surface area contributed by atoms with Crippen molar-refractivity contribution in [2.75, 3.05) is 0 Å². The Hall–Kier alpha value is -7.04. The molecule has 8 aromatic carbocycles. The average Bonchev–Trinajstić information content (AvgIpc) is 3.72. The molecule has 53 heavy (non-hydrogen) atoms. The van der Waals surface area contributed by atoms with Crippen molar-refractivity contribution >= 4 is 82.7 Å². The quantitative estimate of drug-likeness (QED) is 0.174. The van der Waals surface area contributed by atoms with E-state index in [-0.39, 0.29) is 0 Å². The van der Waals surface area contributed by atoms with Crippen LogP contribution in [0, 0.1) is 0 Å². The summed E-state index contributed by atoms with van der Waals surface area (Å²) in [5.74, 6) is 0.660. The molecule has 0 amide bonds. The summed E-state index contributed by atoms with van der Waals surface area (Å²) in [7, 11) is 0. The van der Waals surface area contributed by atoms with E-state index in [1.807, 2.05) is 36.4 Å². The number of benzene rings is 8. The van der Waals surface area contributed by atoms with Crippen LogP contribution in [0.2, 0.25) is 0 Å². The van der Waals surface area contributed by atoms with Gasteiger partial charge in [0.15, 0.2) is 5.84 Å². The highest BCUT2D eigenvalue weighted by Crippen LogP contribution is 2.42. The number of rotatable bonds is 4. The number of hydrogen-bond donors (Lipinski definition) is 0. The number of allylic oxidation sites excluding steroid dienone is 1. The molecule has 1 aliphatic rings. The van der Waals surface area contributed by atoms with Gasteiger partial charge in [0, 0.05) is 44.7 Å². The van der Waals surface area contributed by atoms with E-state index in [0.717, 1.165) is 83.1 Å². The van der Waals surface area contributed by atoms with Gasteiger partial charge in [-0.3, -0.25) is 0 Å². The lowest BCUT2D eigenvalue weighted by atomic mass is 9.96. The second kappa shape index (κ2) is 11.8. The van der Waals surface area contributed by atoms with E-state index < -0.39 is 0 Å². The van der Waals surface area contributed by atoms with Crippen LogP contribution in [0.5, 0.6) is 0 Å². The van der Waals surface area contributed by atoms with Gasteiger partial charge in [0.25, 0.3) is 0 Å². The Morgan fingerprint density at radius 1 is 0.415 bits per heavy atom. The second-order valence-corrected chi connectivity index (χ2v) is 13.6. The summed E-state index contributed by atoms with van der Waals surface area (Å²) in [6, 6.07) is 57.1. The first-order valence-electron chi connectivity index (χ1n) is 18.0. The summed E-state index contributed by atoms with van der Waals surface area (Å²) in [6.07, 6.45) is 2.86. The number of furan rings is 2. The number of hydrogen-bond acceptors (Lipinski definition) is 4. The molecule has 0 saturated carbocycles. The van der Waals surface area contributed by atoms with Crippen molar-refractivity contribution in [2.24, 2.45) is 9.98 Å². The normalized spacial score (nSPS) is 13.5. The van der Waals surface area contributed by atoms with E-state index in [1.54, 1.807) is 0 Å². The Balaban J connectivity index is 1.12. The predicted molar refractivity (Wildman–Crippen MR) is 220 cm³/mol. The number of fused-ring (bicyclic) bond motifs is 9. The van der Waals surface area contributed by atoms with Crippen LogP contribution in [-0.4, -0.2) is 11.5 Å². The molecule has 0 atom stereocenters. The van der Waals surface area contributed by atoms with Gasteiger partial charge in [-0.05, 0) is 56.9 Å². The zero-order valence-corrected chi connectivity index (χ0v) is 28.6. The van der Waals surface area contributed by atoms with Gasteiger partial charge in [-0.1, -0.05) is 146 Å². The number of aliphatic imine (C=N–C) groups is 2. The maximum Gasteiger partial charge on any atom is 0.160 e. The lowest BCUT2D eigenvalue weighted by Gasteiger charge is -2.09. The molecule has 0 N–H and O–H groups in total. The zero-order chi connectivity index (χ0) is 34.9. The summed E-state index contributed by atoms with van der Waals surface area (Å²) in [4.78, 5) is 10.7. The van der Waals surface area contributed by atoms with Crippen LogP contribution in [0.4, 0.5) is 0 Å². The van der Waals surface area contributed by atoms with Crippen molar-refractivity contribution in [1.82, 2.24) is 0 Å². The first kappa shape index (κ1) is 29.7. The maximum absolute atomic E-state index is 6.80. The fourth-order valence-corrected chi connectivity index (χ4v) is 8.09. The van der Waals surface area contributed by atoms with Gasteiger partial charge in [0.2, 0.25) is 0 Å². The second-order valence-electron chi connectivity index (χ2n) is 13.6. The van der Waals surface area contributed by atoms with Gasteiger partial charge in [0.1, 0.15) is 22.3 Å². The van der Waals surface area contributed by atoms with E-state index in [4.69, 9.17) is 18.8 Å². The monoisotopic (exact) mass is 678 g/mol. The van der Waals surface area contributed by atoms with Gasteiger partial charge in [0.05, 0.1) is 11.4 Å². The molecule has 0 radical (unpaired) electrons. The van der Waals surface area contributed by atoms with E-state index in [0.29, 0.717) is 12.3 Å². The van der Waals surface area contributed by atoms with Gasteiger partial charge in [-0.25, -0.2) is 9.98 Å². The van der Waals surface area contributed by atoms with Crippen LogP contribution in [-0.2, 0) is 0 Å². The fourth-order valence-electron chi connectivity index (χ4n) is 8.09. The topological polar surface area (TPSA) is 51.0 Å². The van der Waals surface area contributed by atoms with Gasteiger partial charge < -0.3 is 8.83 Å². The van der Waals surface area contributed by atoms with Crippen molar-refractivity contribution in [3.8, 4) is 11.1 Å². The number of para-hydroxylation sites is 2. The molecular weight excluding hydrogens is 649 g/mol. The Labute approximate surface area is 304 Å². The van der Waals surface area contributed by atoms with Crippen molar-refractivity contribution in [3.05, 3.63) is 187 Å². The van der Waals surface area contributed by atoms with Crippen molar-refractivity contribution in [1.29, 1.82) is 0 Å². The highest BCUT2D eigenvalue weighted by Gasteiger charge is 2.22. The van der Waals surface area contributed by atoms with Crippen molar-refractivity contribution in [3.63, 3.8) is 0 Å². The first-order chi connectivity index (χ1) is 26.3. The van der Waals surface area contributed by atoms with Crippen LogP contribution in [0.25, 0.3) is 82.2 Å². The summed E-state index contributed by atoms with van der Waals surface area (Å²) < 4.78 is 13.1. The molecule has 10 aromatic rings. The summed E-state index contributed by atoms with van der Waals surface area (Å²) >= 11 is 0. The molecular formula is C49H30N2O2. The zero-order valence-electron chi connectivity index (χ0n) is 28.6. The van der Waals surface area contributed by atoms with E-state index >= 15 is 0 Å². The average molecular weight is 679 g/mol. The van der Waals surface area contributed by atoms with Crippen molar-refractivity contribution in [2.45, 2.75) is 6.42 Å². The number of nitrogens with zero attached hydrogens (tertiary/aromatic N) is 2. The Morgan fingerprint density at radius 2 is 1.08 bits per heavy atom. The van der Waals surface area contributed by atoms with E-state index in [9.17, 15) is 0 Å². The molecule has 0 unspecified atom stereocenters. The molecule has 0 fully saturated rings. The van der Waals surface area contributed by atoms with Gasteiger partial charge >= 0.3 is 0 Å². The molecule has 0 bridgehead atoms. The molecule has 2 aromatic heterocycles.